The summed E-state index contributed by atoms with van der Waals surface area (Å²) in [5.74, 6) is -1.49. The fourth-order valence-corrected chi connectivity index (χ4v) is 2.36. The first kappa shape index (κ1) is 17.6. The summed E-state index contributed by atoms with van der Waals surface area (Å²) in [6.45, 7) is 1.66. The molecule has 2 rings (SSSR count). The van der Waals surface area contributed by atoms with Crippen LogP contribution in [0.5, 0.6) is 0 Å². The van der Waals surface area contributed by atoms with Crippen molar-refractivity contribution in [1.82, 2.24) is 5.32 Å². The predicted octanol–water partition coefficient (Wildman–Crippen LogP) is 2.98. The average molecular weight is 332 g/mol. The molecule has 0 saturated heterocycles. The van der Waals surface area contributed by atoms with Gasteiger partial charge >= 0.3 is 0 Å². The van der Waals surface area contributed by atoms with Crippen LogP contribution in [0.25, 0.3) is 0 Å². The maximum absolute atomic E-state index is 13.3. The van der Waals surface area contributed by atoms with Crippen LogP contribution in [0.15, 0.2) is 48.5 Å². The van der Waals surface area contributed by atoms with Gasteiger partial charge in [-0.15, -0.1) is 0 Å². The molecule has 0 aliphatic heterocycles. The molecule has 0 aromatic heterocycles. The second kappa shape index (κ2) is 7.65. The number of nitro groups is 1. The zero-order chi connectivity index (χ0) is 17.7. The van der Waals surface area contributed by atoms with Gasteiger partial charge in [-0.25, -0.2) is 4.39 Å². The molecule has 0 unspecified atom stereocenters. The average Bonchev–Trinajstić information content (AvgIpc) is 2.55. The monoisotopic (exact) mass is 332 g/mol. The molecule has 126 valence electrons. The third-order valence-electron chi connectivity index (χ3n) is 3.54. The number of aliphatic hydroxyl groups excluding tert-OH is 1. The molecule has 0 spiro atoms. The standard InChI is InChI=1S/C17H17FN2O4/c1-11(9-16(21)12-5-3-2-4-6-12)19-17(22)14-10-13(18)7-8-15(14)20(23)24/h2-8,10-11,16,21H,9H2,1H3,(H,19,22)/t11-,16+/m0/s1. The minimum atomic E-state index is -0.788. The van der Waals surface area contributed by atoms with Gasteiger partial charge in [-0.05, 0) is 31.0 Å². The third-order valence-corrected chi connectivity index (χ3v) is 3.54. The summed E-state index contributed by atoms with van der Waals surface area (Å²) in [7, 11) is 0. The molecule has 0 aliphatic rings. The first-order valence-corrected chi connectivity index (χ1v) is 7.36. The number of hydrogen-bond acceptors (Lipinski definition) is 4. The first-order chi connectivity index (χ1) is 11.4. The van der Waals surface area contributed by atoms with Crippen LogP contribution in [0.4, 0.5) is 10.1 Å². The zero-order valence-corrected chi connectivity index (χ0v) is 13.0. The van der Waals surface area contributed by atoms with Crippen molar-refractivity contribution in [3.63, 3.8) is 0 Å². The van der Waals surface area contributed by atoms with E-state index < -0.39 is 34.5 Å². The third kappa shape index (κ3) is 4.36. The van der Waals surface area contributed by atoms with Crippen LogP contribution in [0.1, 0.15) is 35.4 Å². The minimum Gasteiger partial charge on any atom is -0.388 e. The first-order valence-electron chi connectivity index (χ1n) is 7.36. The molecule has 0 heterocycles. The molecule has 0 saturated carbocycles. The fraction of sp³-hybridized carbons (Fsp3) is 0.235. The smallest absolute Gasteiger partial charge is 0.282 e. The summed E-state index contributed by atoms with van der Waals surface area (Å²) in [6, 6.07) is 11.2. The van der Waals surface area contributed by atoms with E-state index in [0.29, 0.717) is 5.56 Å². The van der Waals surface area contributed by atoms with Crippen LogP contribution < -0.4 is 5.32 Å². The Bertz CT molecular complexity index is 737. The lowest BCUT2D eigenvalue weighted by Crippen LogP contribution is -2.34. The number of hydrogen-bond donors (Lipinski definition) is 2. The van der Waals surface area contributed by atoms with Crippen molar-refractivity contribution in [2.45, 2.75) is 25.5 Å². The van der Waals surface area contributed by atoms with E-state index in [9.17, 15) is 24.4 Å². The van der Waals surface area contributed by atoms with Crippen molar-refractivity contribution in [2.75, 3.05) is 0 Å². The molecular formula is C17H17FN2O4. The molecule has 0 fully saturated rings. The lowest BCUT2D eigenvalue weighted by Gasteiger charge is -2.18. The second-order valence-electron chi connectivity index (χ2n) is 5.46. The van der Waals surface area contributed by atoms with Gasteiger partial charge in [0.1, 0.15) is 11.4 Å². The van der Waals surface area contributed by atoms with Crippen LogP contribution >= 0.6 is 0 Å². The van der Waals surface area contributed by atoms with E-state index in [-0.39, 0.29) is 12.0 Å². The van der Waals surface area contributed by atoms with Gasteiger partial charge < -0.3 is 10.4 Å². The highest BCUT2D eigenvalue weighted by molar-refractivity contribution is 5.98. The molecule has 7 heteroatoms. The topological polar surface area (TPSA) is 92.5 Å². The van der Waals surface area contributed by atoms with Gasteiger partial charge in [0.15, 0.2) is 0 Å². The number of nitrogens with zero attached hydrogens (tertiary/aromatic N) is 1. The van der Waals surface area contributed by atoms with E-state index >= 15 is 0 Å². The summed E-state index contributed by atoms with van der Waals surface area (Å²) in [5, 5.41) is 23.6. The Morgan fingerprint density at radius 1 is 1.29 bits per heavy atom. The van der Waals surface area contributed by atoms with Crippen molar-refractivity contribution in [2.24, 2.45) is 0 Å². The highest BCUT2D eigenvalue weighted by Crippen LogP contribution is 2.21. The predicted molar refractivity (Wildman–Crippen MR) is 86.0 cm³/mol. The normalized spacial score (nSPS) is 13.1. The van der Waals surface area contributed by atoms with Gasteiger partial charge in [0.05, 0.1) is 11.0 Å². The largest absolute Gasteiger partial charge is 0.388 e. The van der Waals surface area contributed by atoms with Crippen molar-refractivity contribution in [1.29, 1.82) is 0 Å². The number of benzene rings is 2. The van der Waals surface area contributed by atoms with Crippen molar-refractivity contribution in [3.05, 3.63) is 75.6 Å². The summed E-state index contributed by atoms with van der Waals surface area (Å²) in [4.78, 5) is 22.4. The van der Waals surface area contributed by atoms with Crippen LogP contribution in [-0.4, -0.2) is 22.0 Å². The van der Waals surface area contributed by atoms with E-state index in [1.165, 1.54) is 0 Å². The van der Waals surface area contributed by atoms with Crippen LogP contribution in [-0.2, 0) is 0 Å². The lowest BCUT2D eigenvalue weighted by molar-refractivity contribution is -0.385. The Hall–Kier alpha value is -2.80. The highest BCUT2D eigenvalue weighted by atomic mass is 19.1. The van der Waals surface area contributed by atoms with Crippen LogP contribution in [0, 0.1) is 15.9 Å². The van der Waals surface area contributed by atoms with Gasteiger partial charge in [0.2, 0.25) is 0 Å². The SMILES string of the molecule is C[C@@H](C[C@@H](O)c1ccccc1)NC(=O)c1cc(F)ccc1[N+](=O)[O-]. The lowest BCUT2D eigenvalue weighted by atomic mass is 10.0. The fourth-order valence-electron chi connectivity index (χ4n) is 2.36. The molecule has 2 atom stereocenters. The number of nitro benzene ring substituents is 1. The number of rotatable bonds is 6. The van der Waals surface area contributed by atoms with E-state index in [1.807, 2.05) is 6.07 Å². The molecule has 2 aromatic rings. The van der Waals surface area contributed by atoms with E-state index in [2.05, 4.69) is 5.32 Å². The molecule has 0 radical (unpaired) electrons. The molecule has 0 aliphatic carbocycles. The minimum absolute atomic E-state index is 0.221. The Morgan fingerprint density at radius 2 is 1.96 bits per heavy atom. The van der Waals surface area contributed by atoms with E-state index in [4.69, 9.17) is 0 Å². The molecule has 2 N–H and O–H groups in total. The number of amides is 1. The molecular weight excluding hydrogens is 315 g/mol. The number of carbonyl (C=O) groups is 1. The Balaban J connectivity index is 2.07. The Labute approximate surface area is 138 Å². The zero-order valence-electron chi connectivity index (χ0n) is 13.0. The maximum Gasteiger partial charge on any atom is 0.282 e. The van der Waals surface area contributed by atoms with Crippen molar-refractivity contribution >= 4 is 11.6 Å². The summed E-state index contributed by atoms with van der Waals surface area (Å²) in [5.41, 5.74) is -0.110. The number of halogens is 1. The molecule has 24 heavy (non-hydrogen) atoms. The summed E-state index contributed by atoms with van der Waals surface area (Å²) in [6.07, 6.45) is -0.567. The number of nitrogens with one attached hydrogen (secondary N) is 1. The van der Waals surface area contributed by atoms with Crippen LogP contribution in [0.2, 0.25) is 0 Å². The molecule has 6 nitrogen and oxygen atoms in total. The second-order valence-corrected chi connectivity index (χ2v) is 5.46. The Morgan fingerprint density at radius 3 is 2.58 bits per heavy atom. The van der Waals surface area contributed by atoms with E-state index in [1.54, 1.807) is 31.2 Å². The van der Waals surface area contributed by atoms with Crippen LogP contribution in [0.3, 0.4) is 0 Å². The van der Waals surface area contributed by atoms with Gasteiger partial charge in [-0.3, -0.25) is 14.9 Å². The highest BCUT2D eigenvalue weighted by Gasteiger charge is 2.23. The quantitative estimate of drug-likeness (QED) is 0.628. The summed E-state index contributed by atoms with van der Waals surface area (Å²) < 4.78 is 13.3. The van der Waals surface area contributed by atoms with Gasteiger partial charge in [-0.2, -0.15) is 0 Å². The molecule has 2 aromatic carbocycles. The maximum atomic E-state index is 13.3. The van der Waals surface area contributed by atoms with Gasteiger partial charge in [0.25, 0.3) is 11.6 Å². The molecule has 0 bridgehead atoms. The number of carbonyl (C=O) groups excluding carboxylic acids is 1. The molecule has 1 amide bonds. The van der Waals surface area contributed by atoms with Gasteiger partial charge in [0, 0.05) is 12.1 Å². The Kier molecular flexibility index (Phi) is 5.59. The number of aliphatic hydroxyl groups is 1. The van der Waals surface area contributed by atoms with E-state index in [0.717, 1.165) is 18.2 Å². The summed E-state index contributed by atoms with van der Waals surface area (Å²) >= 11 is 0. The van der Waals surface area contributed by atoms with Gasteiger partial charge in [-0.1, -0.05) is 30.3 Å². The van der Waals surface area contributed by atoms with Crippen molar-refractivity contribution in [3.8, 4) is 0 Å². The van der Waals surface area contributed by atoms with Crippen molar-refractivity contribution < 1.29 is 19.2 Å².